The topological polar surface area (TPSA) is 64.0 Å². The summed E-state index contributed by atoms with van der Waals surface area (Å²) in [5.74, 6) is 0. The molecule has 1 aromatic carbocycles. The van der Waals surface area contributed by atoms with Gasteiger partial charge in [0.25, 0.3) is 0 Å². The second kappa shape index (κ2) is 6.98. The maximum atomic E-state index is 12.9. The Bertz CT molecular complexity index is 815. The number of aryl methyl sites for hydroxylation is 2. The molecule has 2 aromatic rings. The standard InChI is InChI=1S/C16H21F2N3O2S/c1-5-14(13-8-6-10(2)7-9-13)20-24(22,23)15-11(3)19-21(12(15)4)16(17)18/h6-9,14,16,20H,5H2,1-4H3/t14-/m0/s1. The molecule has 0 bridgehead atoms. The summed E-state index contributed by atoms with van der Waals surface area (Å²) >= 11 is 0. The van der Waals surface area contributed by atoms with Crippen molar-refractivity contribution in [3.05, 3.63) is 46.8 Å². The normalized spacial score (nSPS) is 13.5. The summed E-state index contributed by atoms with van der Waals surface area (Å²) in [4.78, 5) is -0.187. The van der Waals surface area contributed by atoms with Crippen LogP contribution in [0.3, 0.4) is 0 Å². The summed E-state index contributed by atoms with van der Waals surface area (Å²) in [6, 6.07) is 7.07. The number of nitrogens with zero attached hydrogens (tertiary/aromatic N) is 2. The lowest BCUT2D eigenvalue weighted by atomic mass is 10.0. The lowest BCUT2D eigenvalue weighted by molar-refractivity contribution is 0.0538. The Balaban J connectivity index is 2.38. The molecular formula is C16H21F2N3O2S. The van der Waals surface area contributed by atoms with E-state index in [-0.39, 0.29) is 16.3 Å². The van der Waals surface area contributed by atoms with Crippen LogP contribution >= 0.6 is 0 Å². The van der Waals surface area contributed by atoms with Gasteiger partial charge in [0.15, 0.2) is 0 Å². The predicted molar refractivity (Wildman–Crippen MR) is 87.5 cm³/mol. The van der Waals surface area contributed by atoms with Crippen LogP contribution in [0.5, 0.6) is 0 Å². The second-order valence-corrected chi connectivity index (χ2v) is 7.37. The number of hydrogen-bond acceptors (Lipinski definition) is 3. The highest BCUT2D eigenvalue weighted by Gasteiger charge is 2.29. The van der Waals surface area contributed by atoms with E-state index < -0.39 is 22.6 Å². The minimum Gasteiger partial charge on any atom is -0.207 e. The lowest BCUT2D eigenvalue weighted by Gasteiger charge is -2.18. The Morgan fingerprint density at radius 2 is 1.75 bits per heavy atom. The smallest absolute Gasteiger partial charge is 0.207 e. The fraction of sp³-hybridized carbons (Fsp3) is 0.438. The molecular weight excluding hydrogens is 336 g/mol. The first-order valence-electron chi connectivity index (χ1n) is 7.60. The summed E-state index contributed by atoms with van der Waals surface area (Å²) in [6.07, 6.45) is 0.531. The van der Waals surface area contributed by atoms with Gasteiger partial charge < -0.3 is 0 Å². The zero-order valence-electron chi connectivity index (χ0n) is 14.0. The maximum absolute atomic E-state index is 12.9. The van der Waals surface area contributed by atoms with Gasteiger partial charge in [-0.3, -0.25) is 0 Å². The third-order valence-corrected chi connectivity index (χ3v) is 5.62. The Morgan fingerprint density at radius 3 is 2.21 bits per heavy atom. The van der Waals surface area contributed by atoms with Crippen LogP contribution in [0, 0.1) is 20.8 Å². The Morgan fingerprint density at radius 1 is 1.17 bits per heavy atom. The summed E-state index contributed by atoms with van der Waals surface area (Å²) < 4.78 is 54.3. The maximum Gasteiger partial charge on any atom is 0.333 e. The highest BCUT2D eigenvalue weighted by atomic mass is 32.2. The minimum atomic E-state index is -3.97. The molecule has 0 radical (unpaired) electrons. The largest absolute Gasteiger partial charge is 0.333 e. The number of hydrogen-bond donors (Lipinski definition) is 1. The second-order valence-electron chi connectivity index (χ2n) is 5.71. The first-order valence-corrected chi connectivity index (χ1v) is 9.08. The number of aromatic nitrogens is 2. The lowest BCUT2D eigenvalue weighted by Crippen LogP contribution is -2.29. The van der Waals surface area contributed by atoms with Crippen molar-refractivity contribution < 1.29 is 17.2 Å². The van der Waals surface area contributed by atoms with E-state index in [2.05, 4.69) is 9.82 Å². The van der Waals surface area contributed by atoms with Crippen molar-refractivity contribution in [2.45, 2.75) is 51.6 Å². The molecule has 0 aliphatic rings. The molecule has 0 aliphatic carbocycles. The number of nitrogens with one attached hydrogen (secondary N) is 1. The SMILES string of the molecule is CC[C@H](NS(=O)(=O)c1c(C)nn(C(F)F)c1C)c1ccc(C)cc1. The molecule has 0 aliphatic heterocycles. The van der Waals surface area contributed by atoms with E-state index in [9.17, 15) is 17.2 Å². The zero-order chi connectivity index (χ0) is 18.1. The van der Waals surface area contributed by atoms with Gasteiger partial charge in [-0.2, -0.15) is 13.9 Å². The van der Waals surface area contributed by atoms with E-state index in [0.717, 1.165) is 11.1 Å². The van der Waals surface area contributed by atoms with Crippen molar-refractivity contribution in [2.75, 3.05) is 0 Å². The molecule has 0 unspecified atom stereocenters. The van der Waals surface area contributed by atoms with Crippen molar-refractivity contribution >= 4 is 10.0 Å². The molecule has 0 saturated carbocycles. The molecule has 2 rings (SSSR count). The highest BCUT2D eigenvalue weighted by Crippen LogP contribution is 2.26. The van der Waals surface area contributed by atoms with Gasteiger partial charge in [0.2, 0.25) is 10.0 Å². The molecule has 1 N–H and O–H groups in total. The van der Waals surface area contributed by atoms with Crippen LogP contribution in [0.2, 0.25) is 0 Å². The first kappa shape index (κ1) is 18.5. The van der Waals surface area contributed by atoms with E-state index in [0.29, 0.717) is 11.1 Å². The van der Waals surface area contributed by atoms with Crippen LogP contribution in [0.25, 0.3) is 0 Å². The molecule has 1 atom stereocenters. The van der Waals surface area contributed by atoms with Gasteiger partial charge in [0.05, 0.1) is 11.4 Å². The molecule has 132 valence electrons. The third-order valence-electron chi connectivity index (χ3n) is 3.90. The van der Waals surface area contributed by atoms with Crippen LogP contribution in [0.1, 0.15) is 48.5 Å². The van der Waals surface area contributed by atoms with Crippen molar-refractivity contribution in [2.24, 2.45) is 0 Å². The molecule has 0 saturated heterocycles. The van der Waals surface area contributed by atoms with Gasteiger partial charge in [-0.1, -0.05) is 36.8 Å². The van der Waals surface area contributed by atoms with Crippen molar-refractivity contribution in [3.8, 4) is 0 Å². The van der Waals surface area contributed by atoms with E-state index in [4.69, 9.17) is 0 Å². The van der Waals surface area contributed by atoms with E-state index in [1.165, 1.54) is 13.8 Å². The molecule has 0 fully saturated rings. The van der Waals surface area contributed by atoms with Crippen LogP contribution in [0.4, 0.5) is 8.78 Å². The van der Waals surface area contributed by atoms with Gasteiger partial charge >= 0.3 is 6.55 Å². The molecule has 1 heterocycles. The van der Waals surface area contributed by atoms with Crippen LogP contribution in [-0.2, 0) is 10.0 Å². The van der Waals surface area contributed by atoms with Crippen LogP contribution < -0.4 is 4.72 Å². The Kier molecular flexibility index (Phi) is 5.39. The van der Waals surface area contributed by atoms with E-state index in [1.54, 1.807) is 0 Å². The van der Waals surface area contributed by atoms with E-state index in [1.807, 2.05) is 38.1 Å². The fourth-order valence-corrected chi connectivity index (χ4v) is 4.37. The van der Waals surface area contributed by atoms with Gasteiger partial charge in [-0.15, -0.1) is 0 Å². The summed E-state index contributed by atoms with van der Waals surface area (Å²) in [7, 11) is -3.97. The van der Waals surface area contributed by atoms with Gasteiger partial charge in [-0.05, 0) is 32.8 Å². The Hall–Kier alpha value is -1.80. The quantitative estimate of drug-likeness (QED) is 0.858. The molecule has 8 heteroatoms. The van der Waals surface area contributed by atoms with Gasteiger partial charge in [-0.25, -0.2) is 17.8 Å². The zero-order valence-corrected chi connectivity index (χ0v) is 14.9. The van der Waals surface area contributed by atoms with Gasteiger partial charge in [0, 0.05) is 6.04 Å². The van der Waals surface area contributed by atoms with Gasteiger partial charge in [0.1, 0.15) is 4.90 Å². The first-order chi connectivity index (χ1) is 11.2. The third kappa shape index (κ3) is 3.64. The Labute approximate surface area is 140 Å². The number of benzene rings is 1. The molecule has 0 spiro atoms. The number of rotatable bonds is 6. The summed E-state index contributed by atoms with van der Waals surface area (Å²) in [5, 5.41) is 3.64. The molecule has 24 heavy (non-hydrogen) atoms. The molecule has 0 amide bonds. The van der Waals surface area contributed by atoms with Crippen LogP contribution in [-0.4, -0.2) is 18.2 Å². The number of sulfonamides is 1. The van der Waals surface area contributed by atoms with Crippen LogP contribution in [0.15, 0.2) is 29.2 Å². The predicted octanol–water partition coefficient (Wildman–Crippen LogP) is 3.63. The van der Waals surface area contributed by atoms with Crippen molar-refractivity contribution in [3.63, 3.8) is 0 Å². The number of alkyl halides is 2. The monoisotopic (exact) mass is 357 g/mol. The summed E-state index contributed by atoms with van der Waals surface area (Å²) in [6.45, 7) is 3.66. The van der Waals surface area contributed by atoms with Crippen molar-refractivity contribution in [1.82, 2.24) is 14.5 Å². The fourth-order valence-electron chi connectivity index (χ4n) is 2.66. The van der Waals surface area contributed by atoms with Crippen molar-refractivity contribution in [1.29, 1.82) is 0 Å². The van der Waals surface area contributed by atoms with E-state index >= 15 is 0 Å². The summed E-state index contributed by atoms with van der Waals surface area (Å²) in [5.41, 5.74) is 1.87. The molecule has 5 nitrogen and oxygen atoms in total. The highest BCUT2D eigenvalue weighted by molar-refractivity contribution is 7.89. The average molecular weight is 357 g/mol. The minimum absolute atomic E-state index is 0.0547. The average Bonchev–Trinajstić information content (AvgIpc) is 2.81. The molecule has 1 aromatic heterocycles. The number of halogens is 2.